The summed E-state index contributed by atoms with van der Waals surface area (Å²) in [6.07, 6.45) is 0.620. The van der Waals surface area contributed by atoms with Crippen LogP contribution in [0.15, 0.2) is 42.5 Å². The molecule has 1 amide bonds. The van der Waals surface area contributed by atoms with Crippen LogP contribution in [0.4, 0.5) is 4.39 Å². The van der Waals surface area contributed by atoms with Gasteiger partial charge in [0.05, 0.1) is 36.2 Å². The van der Waals surface area contributed by atoms with E-state index in [1.54, 1.807) is 41.8 Å². The van der Waals surface area contributed by atoms with Crippen molar-refractivity contribution in [3.63, 3.8) is 0 Å². The molecule has 0 fully saturated rings. The summed E-state index contributed by atoms with van der Waals surface area (Å²) in [4.78, 5) is 28.3. The fourth-order valence-corrected chi connectivity index (χ4v) is 4.54. The Balaban J connectivity index is 1.89. The van der Waals surface area contributed by atoms with Gasteiger partial charge in [-0.15, -0.1) is 0 Å². The lowest BCUT2D eigenvalue weighted by atomic mass is 9.98. The average molecular weight is 534 g/mol. The van der Waals surface area contributed by atoms with Gasteiger partial charge < -0.3 is 15.2 Å². The van der Waals surface area contributed by atoms with Crippen LogP contribution < -0.4 is 10.1 Å². The van der Waals surface area contributed by atoms with Crippen molar-refractivity contribution in [2.45, 2.75) is 45.5 Å². The van der Waals surface area contributed by atoms with Gasteiger partial charge in [-0.3, -0.25) is 9.36 Å². The third-order valence-corrected chi connectivity index (χ3v) is 6.29. The van der Waals surface area contributed by atoms with Crippen LogP contribution in [-0.4, -0.2) is 38.4 Å². The molecule has 0 saturated carbocycles. The number of aromatic carboxylic acids is 1. The number of carboxylic acid groups (broad SMARTS) is 1. The molecule has 2 N–H and O–H groups in total. The Bertz CT molecular complexity index is 1250. The predicted octanol–water partition coefficient (Wildman–Crippen LogP) is 5.45. The number of carbonyl (C=O) groups excluding carboxylic acids is 1. The largest absolute Gasteiger partial charge is 0.478 e. The van der Waals surface area contributed by atoms with E-state index in [-0.39, 0.29) is 35.7 Å². The fourth-order valence-electron chi connectivity index (χ4n) is 3.78. The Hall–Kier alpha value is -3.04. The van der Waals surface area contributed by atoms with E-state index in [9.17, 15) is 14.7 Å². The average Bonchev–Trinajstić information content (AvgIpc) is 3.12. The second kappa shape index (κ2) is 12.3. The maximum atomic E-state index is 15.2. The third-order valence-electron chi connectivity index (χ3n) is 5.54. The molecule has 3 rings (SSSR count). The zero-order valence-corrected chi connectivity index (χ0v) is 21.9. The lowest BCUT2D eigenvalue weighted by Gasteiger charge is -2.16. The molecule has 10 heteroatoms. The topological polar surface area (TPSA) is 93.5 Å². The molecule has 0 unspecified atom stereocenters. The number of halogens is 2. The van der Waals surface area contributed by atoms with Crippen molar-refractivity contribution in [3.8, 4) is 17.1 Å². The minimum Gasteiger partial charge on any atom is -0.478 e. The minimum atomic E-state index is -1.09. The molecule has 1 aromatic heterocycles. The van der Waals surface area contributed by atoms with Crippen LogP contribution in [-0.2, 0) is 17.9 Å². The first-order valence-electron chi connectivity index (χ1n) is 11.6. The van der Waals surface area contributed by atoms with Crippen molar-refractivity contribution in [2.75, 3.05) is 6.61 Å². The van der Waals surface area contributed by atoms with Gasteiger partial charge in [-0.2, -0.15) is 17.6 Å². The lowest BCUT2D eigenvalue weighted by molar-refractivity contribution is -0.121. The van der Waals surface area contributed by atoms with Gasteiger partial charge in [0.1, 0.15) is 5.82 Å². The van der Waals surface area contributed by atoms with Crippen LogP contribution in [0.2, 0.25) is 5.15 Å². The van der Waals surface area contributed by atoms with Crippen molar-refractivity contribution < 1.29 is 23.8 Å². The number of nitrogens with one attached hydrogen (secondary N) is 1. The van der Waals surface area contributed by atoms with Gasteiger partial charge in [0.15, 0.2) is 5.15 Å². The number of hydrogen-bond acceptors (Lipinski definition) is 5. The summed E-state index contributed by atoms with van der Waals surface area (Å²) in [7, 11) is 0. The van der Waals surface area contributed by atoms with E-state index in [0.717, 1.165) is 0 Å². The number of nitrogens with zero attached hydrogens (tertiary/aromatic N) is 2. The molecule has 7 nitrogen and oxygen atoms in total. The highest BCUT2D eigenvalue weighted by Crippen LogP contribution is 2.28. The van der Waals surface area contributed by atoms with Gasteiger partial charge in [0.25, 0.3) is 6.01 Å². The monoisotopic (exact) mass is 533 g/mol. The first-order chi connectivity index (χ1) is 17.1. The number of carboxylic acids is 1. The van der Waals surface area contributed by atoms with E-state index in [4.69, 9.17) is 16.3 Å². The van der Waals surface area contributed by atoms with Gasteiger partial charge in [0.2, 0.25) is 5.91 Å². The molecule has 2 aromatic carbocycles. The SMILES string of the molecule is CCOc1nc(Cl)c(CNC(=O)[C@@H](S)CC(C)C)n1Cc1ccc(-c2ccccc2C(=O)O)cc1F. The Kier molecular flexibility index (Phi) is 9.39. The molecule has 36 heavy (non-hydrogen) atoms. The Morgan fingerprint density at radius 1 is 1.25 bits per heavy atom. The molecule has 0 spiro atoms. The van der Waals surface area contributed by atoms with E-state index in [1.165, 1.54) is 12.1 Å². The number of benzene rings is 2. The van der Waals surface area contributed by atoms with Crippen molar-refractivity contribution in [2.24, 2.45) is 5.92 Å². The Labute approximate surface area is 220 Å². The molecule has 192 valence electrons. The number of carbonyl (C=O) groups is 2. The zero-order chi connectivity index (χ0) is 26.4. The van der Waals surface area contributed by atoms with Gasteiger partial charge in [0, 0.05) is 5.56 Å². The van der Waals surface area contributed by atoms with Gasteiger partial charge in [-0.05, 0) is 42.5 Å². The van der Waals surface area contributed by atoms with Crippen LogP contribution in [0.5, 0.6) is 6.01 Å². The molecule has 0 bridgehead atoms. The van der Waals surface area contributed by atoms with E-state index >= 15 is 4.39 Å². The molecule has 0 aliphatic carbocycles. The summed E-state index contributed by atoms with van der Waals surface area (Å²) < 4.78 is 22.4. The normalized spacial score (nSPS) is 12.0. The van der Waals surface area contributed by atoms with Crippen LogP contribution in [0.3, 0.4) is 0 Å². The molecule has 0 radical (unpaired) electrons. The number of amides is 1. The third kappa shape index (κ3) is 6.59. The summed E-state index contributed by atoms with van der Waals surface area (Å²) in [5, 5.41) is 12.0. The molecule has 0 saturated heterocycles. The fraction of sp³-hybridized carbons (Fsp3) is 0.346. The maximum absolute atomic E-state index is 15.2. The number of aromatic nitrogens is 2. The second-order valence-electron chi connectivity index (χ2n) is 8.67. The Morgan fingerprint density at radius 2 is 1.97 bits per heavy atom. The quantitative estimate of drug-likeness (QED) is 0.285. The van der Waals surface area contributed by atoms with Gasteiger partial charge in [-0.25, -0.2) is 9.18 Å². The van der Waals surface area contributed by atoms with Crippen LogP contribution in [0, 0.1) is 11.7 Å². The summed E-state index contributed by atoms with van der Waals surface area (Å²) in [5.74, 6) is -1.54. The van der Waals surface area contributed by atoms with Crippen molar-refractivity contribution in [1.29, 1.82) is 0 Å². The van der Waals surface area contributed by atoms with E-state index in [0.29, 0.717) is 41.3 Å². The number of imidazole rings is 1. The predicted molar refractivity (Wildman–Crippen MR) is 140 cm³/mol. The summed E-state index contributed by atoms with van der Waals surface area (Å²) in [5.41, 5.74) is 1.74. The second-order valence-corrected chi connectivity index (χ2v) is 9.65. The lowest BCUT2D eigenvalue weighted by Crippen LogP contribution is -2.32. The first-order valence-corrected chi connectivity index (χ1v) is 12.5. The maximum Gasteiger partial charge on any atom is 0.336 e. The van der Waals surface area contributed by atoms with Gasteiger partial charge >= 0.3 is 5.97 Å². The molecule has 0 aliphatic heterocycles. The Morgan fingerprint density at radius 3 is 2.61 bits per heavy atom. The van der Waals surface area contributed by atoms with Crippen molar-refractivity contribution >= 4 is 36.1 Å². The van der Waals surface area contributed by atoms with Crippen molar-refractivity contribution in [3.05, 3.63) is 70.3 Å². The summed E-state index contributed by atoms with van der Waals surface area (Å²) >= 11 is 10.7. The summed E-state index contributed by atoms with van der Waals surface area (Å²) in [6, 6.07) is 11.2. The highest BCUT2D eigenvalue weighted by Gasteiger charge is 2.22. The van der Waals surface area contributed by atoms with E-state index in [2.05, 4.69) is 22.9 Å². The number of rotatable bonds is 11. The highest BCUT2D eigenvalue weighted by atomic mass is 35.5. The number of thiol groups is 1. The first kappa shape index (κ1) is 27.5. The molecule has 3 aromatic rings. The van der Waals surface area contributed by atoms with Crippen molar-refractivity contribution in [1.82, 2.24) is 14.9 Å². The molecule has 0 aliphatic rings. The van der Waals surface area contributed by atoms with Crippen LogP contribution in [0.1, 0.15) is 48.8 Å². The number of hydrogen-bond donors (Lipinski definition) is 3. The number of ether oxygens (including phenoxy) is 1. The molecule has 1 heterocycles. The molecular weight excluding hydrogens is 505 g/mol. The zero-order valence-electron chi connectivity index (χ0n) is 20.3. The van der Waals surface area contributed by atoms with Crippen LogP contribution >= 0.6 is 24.2 Å². The van der Waals surface area contributed by atoms with E-state index < -0.39 is 17.0 Å². The molecular formula is C26H29ClFN3O4S. The van der Waals surface area contributed by atoms with Crippen LogP contribution in [0.25, 0.3) is 11.1 Å². The summed E-state index contributed by atoms with van der Waals surface area (Å²) in [6.45, 7) is 6.25. The van der Waals surface area contributed by atoms with E-state index in [1.807, 2.05) is 13.8 Å². The smallest absolute Gasteiger partial charge is 0.336 e. The van der Waals surface area contributed by atoms with Gasteiger partial charge in [-0.1, -0.05) is 55.8 Å². The molecule has 1 atom stereocenters. The highest BCUT2D eigenvalue weighted by molar-refractivity contribution is 7.81. The minimum absolute atomic E-state index is 0.0449. The standard InChI is InChI=1S/C26H29ClFN3O4S/c1-4-35-26-30-23(27)21(13-29-24(32)22(36)11-15(2)3)31(26)14-17-10-9-16(12-20(17)28)18-7-5-6-8-19(18)25(33)34/h5-10,12,15,22,36H,4,11,13-14H2,1-3H3,(H,29,32)(H,33,34)/t22-/m0/s1.